The molecule has 0 aliphatic rings. The number of nitrogens with one attached hydrogen (secondary N) is 1. The molecule has 0 saturated carbocycles. The van der Waals surface area contributed by atoms with Crippen molar-refractivity contribution in [2.75, 3.05) is 20.1 Å². The summed E-state index contributed by atoms with van der Waals surface area (Å²) in [5.74, 6) is 0. The van der Waals surface area contributed by atoms with Gasteiger partial charge in [-0.3, -0.25) is 0 Å². The lowest BCUT2D eigenvalue weighted by molar-refractivity contribution is 0.0300. The van der Waals surface area contributed by atoms with Gasteiger partial charge in [-0.2, -0.15) is 0 Å². The molecular weight excluding hydrogens is 266 g/mol. The summed E-state index contributed by atoms with van der Waals surface area (Å²) < 4.78 is 7.56. The standard InChI is InChI=1S/C16H29N3O2/c1-6-10-19-11-7-8-14(19)13-17-9-12-18(5)15(20)21-16(2,3)4/h7-8,11,17H,6,9-10,12-13H2,1-5H3. The molecule has 1 amide bonds. The molecule has 1 heterocycles. The van der Waals surface area contributed by atoms with Crippen molar-refractivity contribution in [3.63, 3.8) is 0 Å². The van der Waals surface area contributed by atoms with Gasteiger partial charge in [0.05, 0.1) is 0 Å². The molecule has 0 saturated heterocycles. The SMILES string of the molecule is CCCn1cccc1CNCCN(C)C(=O)OC(C)(C)C. The number of hydrogen-bond acceptors (Lipinski definition) is 3. The van der Waals surface area contributed by atoms with Crippen LogP contribution >= 0.6 is 0 Å². The summed E-state index contributed by atoms with van der Waals surface area (Å²) in [4.78, 5) is 13.4. The number of amides is 1. The van der Waals surface area contributed by atoms with Crippen molar-refractivity contribution in [2.24, 2.45) is 0 Å². The summed E-state index contributed by atoms with van der Waals surface area (Å²) in [7, 11) is 1.76. The maximum Gasteiger partial charge on any atom is 0.410 e. The van der Waals surface area contributed by atoms with Crippen LogP contribution in [0, 0.1) is 0 Å². The number of likely N-dealkylation sites (N-methyl/N-ethyl adjacent to an activating group) is 1. The average molecular weight is 295 g/mol. The average Bonchev–Trinajstić information content (AvgIpc) is 2.80. The third kappa shape index (κ3) is 6.67. The van der Waals surface area contributed by atoms with Crippen molar-refractivity contribution in [3.8, 4) is 0 Å². The number of aromatic nitrogens is 1. The number of ether oxygens (including phenoxy) is 1. The molecule has 0 bridgehead atoms. The van der Waals surface area contributed by atoms with Crippen molar-refractivity contribution < 1.29 is 9.53 Å². The fourth-order valence-corrected chi connectivity index (χ4v) is 1.96. The molecule has 5 nitrogen and oxygen atoms in total. The van der Waals surface area contributed by atoms with Crippen LogP contribution in [-0.4, -0.2) is 41.3 Å². The lowest BCUT2D eigenvalue weighted by atomic mass is 10.2. The zero-order chi connectivity index (χ0) is 15.9. The van der Waals surface area contributed by atoms with Crippen LogP contribution in [0.25, 0.3) is 0 Å². The first-order chi connectivity index (χ1) is 9.83. The second-order valence-corrected chi connectivity index (χ2v) is 6.27. The Morgan fingerprint density at radius 1 is 1.43 bits per heavy atom. The first-order valence-corrected chi connectivity index (χ1v) is 7.62. The van der Waals surface area contributed by atoms with Gasteiger partial charge in [-0.25, -0.2) is 4.79 Å². The smallest absolute Gasteiger partial charge is 0.410 e. The van der Waals surface area contributed by atoms with Gasteiger partial charge in [-0.05, 0) is 39.3 Å². The Kier molecular flexibility index (Phi) is 6.75. The van der Waals surface area contributed by atoms with E-state index in [9.17, 15) is 4.79 Å². The summed E-state index contributed by atoms with van der Waals surface area (Å²) in [5.41, 5.74) is 0.830. The maximum absolute atomic E-state index is 11.8. The molecule has 0 atom stereocenters. The second kappa shape index (κ2) is 8.08. The van der Waals surface area contributed by atoms with Crippen LogP contribution in [0.4, 0.5) is 4.79 Å². The van der Waals surface area contributed by atoms with Gasteiger partial charge in [-0.15, -0.1) is 0 Å². The molecule has 1 rings (SSSR count). The van der Waals surface area contributed by atoms with Crippen molar-refractivity contribution in [3.05, 3.63) is 24.0 Å². The van der Waals surface area contributed by atoms with Gasteiger partial charge in [0.15, 0.2) is 0 Å². The van der Waals surface area contributed by atoms with E-state index in [2.05, 4.69) is 35.1 Å². The van der Waals surface area contributed by atoms with E-state index in [1.807, 2.05) is 20.8 Å². The molecule has 0 spiro atoms. The predicted molar refractivity (Wildman–Crippen MR) is 85.3 cm³/mol. The number of aryl methyl sites for hydroxylation is 1. The first kappa shape index (κ1) is 17.6. The Morgan fingerprint density at radius 3 is 2.76 bits per heavy atom. The molecule has 1 N–H and O–H groups in total. The van der Waals surface area contributed by atoms with Gasteiger partial charge in [-0.1, -0.05) is 6.92 Å². The van der Waals surface area contributed by atoms with Gasteiger partial charge in [0, 0.05) is 45.1 Å². The highest BCUT2D eigenvalue weighted by Crippen LogP contribution is 2.08. The number of rotatable bonds is 7. The van der Waals surface area contributed by atoms with Gasteiger partial charge >= 0.3 is 6.09 Å². The molecular formula is C16H29N3O2. The Morgan fingerprint density at radius 2 is 2.14 bits per heavy atom. The van der Waals surface area contributed by atoms with Crippen LogP contribution in [0.3, 0.4) is 0 Å². The minimum atomic E-state index is -0.445. The highest BCUT2D eigenvalue weighted by Gasteiger charge is 2.18. The third-order valence-electron chi connectivity index (χ3n) is 3.02. The normalized spacial score (nSPS) is 11.5. The van der Waals surface area contributed by atoms with Gasteiger partial charge < -0.3 is 19.5 Å². The largest absolute Gasteiger partial charge is 0.444 e. The van der Waals surface area contributed by atoms with Crippen molar-refractivity contribution in [1.82, 2.24) is 14.8 Å². The Bertz CT molecular complexity index is 435. The van der Waals surface area contributed by atoms with E-state index in [4.69, 9.17) is 4.74 Å². The van der Waals surface area contributed by atoms with Crippen LogP contribution in [0.15, 0.2) is 18.3 Å². The van der Waals surface area contributed by atoms with Crippen LogP contribution < -0.4 is 5.32 Å². The summed E-state index contributed by atoms with van der Waals surface area (Å²) in [5, 5.41) is 3.36. The van der Waals surface area contributed by atoms with Crippen molar-refractivity contribution >= 4 is 6.09 Å². The fourth-order valence-electron chi connectivity index (χ4n) is 1.96. The lowest BCUT2D eigenvalue weighted by Gasteiger charge is -2.24. The molecule has 0 aliphatic carbocycles. The molecule has 0 unspecified atom stereocenters. The lowest BCUT2D eigenvalue weighted by Crippen LogP contribution is -2.38. The van der Waals surface area contributed by atoms with Crippen molar-refractivity contribution in [2.45, 2.75) is 52.8 Å². The van der Waals surface area contributed by atoms with E-state index in [-0.39, 0.29) is 6.09 Å². The zero-order valence-electron chi connectivity index (χ0n) is 14.0. The minimum Gasteiger partial charge on any atom is -0.444 e. The first-order valence-electron chi connectivity index (χ1n) is 7.62. The van der Waals surface area contributed by atoms with E-state index >= 15 is 0 Å². The molecule has 0 fully saturated rings. The van der Waals surface area contributed by atoms with E-state index in [1.54, 1.807) is 11.9 Å². The number of hydrogen-bond donors (Lipinski definition) is 1. The maximum atomic E-state index is 11.8. The topological polar surface area (TPSA) is 46.5 Å². The van der Waals surface area contributed by atoms with Crippen LogP contribution in [0.1, 0.15) is 39.8 Å². The van der Waals surface area contributed by atoms with Gasteiger partial charge in [0.2, 0.25) is 0 Å². The molecule has 1 aromatic heterocycles. The van der Waals surface area contributed by atoms with Gasteiger partial charge in [0.25, 0.3) is 0 Å². The van der Waals surface area contributed by atoms with Crippen LogP contribution in [0.2, 0.25) is 0 Å². The van der Waals surface area contributed by atoms with E-state index in [0.717, 1.165) is 26.1 Å². The van der Waals surface area contributed by atoms with E-state index in [1.165, 1.54) is 5.69 Å². The molecule has 0 aliphatic heterocycles. The van der Waals surface area contributed by atoms with E-state index in [0.29, 0.717) is 6.54 Å². The Hall–Kier alpha value is -1.49. The third-order valence-corrected chi connectivity index (χ3v) is 3.02. The molecule has 0 radical (unpaired) electrons. The fraction of sp³-hybridized carbons (Fsp3) is 0.688. The Labute approximate surface area is 128 Å². The molecule has 0 aromatic carbocycles. The van der Waals surface area contributed by atoms with Gasteiger partial charge in [0.1, 0.15) is 5.60 Å². The number of carbonyl (C=O) groups excluding carboxylic acids is 1. The van der Waals surface area contributed by atoms with Crippen LogP contribution in [-0.2, 0) is 17.8 Å². The second-order valence-electron chi connectivity index (χ2n) is 6.27. The summed E-state index contributed by atoms with van der Waals surface area (Å²) in [6.45, 7) is 11.0. The minimum absolute atomic E-state index is 0.279. The highest BCUT2D eigenvalue weighted by molar-refractivity contribution is 5.67. The zero-order valence-corrected chi connectivity index (χ0v) is 14.0. The molecule has 21 heavy (non-hydrogen) atoms. The van der Waals surface area contributed by atoms with Crippen LogP contribution in [0.5, 0.6) is 0 Å². The monoisotopic (exact) mass is 295 g/mol. The number of carbonyl (C=O) groups is 1. The molecule has 1 aromatic rings. The molecule has 5 heteroatoms. The number of nitrogens with zero attached hydrogens (tertiary/aromatic N) is 2. The van der Waals surface area contributed by atoms with E-state index < -0.39 is 5.60 Å². The highest BCUT2D eigenvalue weighted by atomic mass is 16.6. The van der Waals surface area contributed by atoms with Crippen molar-refractivity contribution in [1.29, 1.82) is 0 Å². The summed E-state index contributed by atoms with van der Waals surface area (Å²) >= 11 is 0. The predicted octanol–water partition coefficient (Wildman–Crippen LogP) is 2.85. The molecule has 120 valence electrons. The summed E-state index contributed by atoms with van der Waals surface area (Å²) in [6.07, 6.45) is 2.95. The quantitative estimate of drug-likeness (QED) is 0.787. The summed E-state index contributed by atoms with van der Waals surface area (Å²) in [6, 6.07) is 4.19. The Balaban J connectivity index is 2.27.